The first kappa shape index (κ1) is 9.92. The van der Waals surface area contributed by atoms with Crippen LogP contribution in [0.1, 0.15) is 18.4 Å². The maximum Gasteiger partial charge on any atom is 0.165 e. The van der Waals surface area contributed by atoms with Gasteiger partial charge in [-0.15, -0.1) is 0 Å². The molecule has 0 amide bonds. The molecule has 13 heavy (non-hydrogen) atoms. The number of halogens is 2. The number of phenolic OH excluding ortho intramolecular Hbond substituents is 1. The SMILES string of the molecule is CC(CN)c1cc(F)c(O)cc1F. The largest absolute Gasteiger partial charge is 0.505 e. The number of hydrogen-bond donors (Lipinski definition) is 2. The molecule has 0 radical (unpaired) electrons. The Balaban J connectivity index is 3.15. The molecular weight excluding hydrogens is 176 g/mol. The molecule has 4 heteroatoms. The number of rotatable bonds is 2. The standard InChI is InChI=1S/C9H11F2NO/c1-5(4-12)6-2-8(11)9(13)3-7(6)10/h2-3,5,13H,4,12H2,1H3. The highest BCUT2D eigenvalue weighted by molar-refractivity contribution is 5.31. The smallest absolute Gasteiger partial charge is 0.165 e. The molecule has 72 valence electrons. The van der Waals surface area contributed by atoms with Gasteiger partial charge >= 0.3 is 0 Å². The molecular formula is C9H11F2NO. The minimum Gasteiger partial charge on any atom is -0.505 e. The molecule has 0 aromatic heterocycles. The van der Waals surface area contributed by atoms with Crippen LogP contribution >= 0.6 is 0 Å². The Kier molecular flexibility index (Phi) is 2.83. The quantitative estimate of drug-likeness (QED) is 0.740. The summed E-state index contributed by atoms with van der Waals surface area (Å²) in [6.07, 6.45) is 0. The highest BCUT2D eigenvalue weighted by atomic mass is 19.1. The molecule has 0 spiro atoms. The summed E-state index contributed by atoms with van der Waals surface area (Å²) < 4.78 is 25.9. The number of hydrogen-bond acceptors (Lipinski definition) is 2. The third-order valence-electron chi connectivity index (χ3n) is 1.95. The highest BCUT2D eigenvalue weighted by Gasteiger charge is 2.13. The van der Waals surface area contributed by atoms with Crippen molar-refractivity contribution in [1.29, 1.82) is 0 Å². The van der Waals surface area contributed by atoms with Gasteiger partial charge in [0.05, 0.1) is 0 Å². The van der Waals surface area contributed by atoms with Gasteiger partial charge < -0.3 is 10.8 Å². The monoisotopic (exact) mass is 187 g/mol. The van der Waals surface area contributed by atoms with Gasteiger partial charge in [-0.05, 0) is 24.1 Å². The van der Waals surface area contributed by atoms with E-state index < -0.39 is 17.4 Å². The van der Waals surface area contributed by atoms with Crippen LogP contribution in [0.15, 0.2) is 12.1 Å². The van der Waals surface area contributed by atoms with Crippen LogP contribution in [0.25, 0.3) is 0 Å². The molecule has 0 aliphatic rings. The van der Waals surface area contributed by atoms with Gasteiger partial charge in [0.2, 0.25) is 0 Å². The summed E-state index contributed by atoms with van der Waals surface area (Å²) in [6, 6.07) is 1.74. The van der Waals surface area contributed by atoms with Crippen LogP contribution in [-0.4, -0.2) is 11.7 Å². The predicted molar refractivity (Wildman–Crippen MR) is 45.5 cm³/mol. The van der Waals surface area contributed by atoms with Crippen LogP contribution in [0, 0.1) is 11.6 Å². The topological polar surface area (TPSA) is 46.2 Å². The summed E-state index contributed by atoms with van der Waals surface area (Å²) in [5.74, 6) is -2.38. The van der Waals surface area contributed by atoms with E-state index in [9.17, 15) is 8.78 Å². The van der Waals surface area contributed by atoms with Gasteiger partial charge in [0.15, 0.2) is 11.6 Å². The second-order valence-corrected chi connectivity index (χ2v) is 2.96. The minimum absolute atomic E-state index is 0.192. The van der Waals surface area contributed by atoms with Crippen LogP contribution in [0.3, 0.4) is 0 Å². The molecule has 0 heterocycles. The Labute approximate surface area is 75.0 Å². The number of aromatic hydroxyl groups is 1. The Morgan fingerprint density at radius 3 is 2.54 bits per heavy atom. The van der Waals surface area contributed by atoms with Crippen molar-refractivity contribution in [1.82, 2.24) is 0 Å². The summed E-state index contributed by atoms with van der Waals surface area (Å²) in [4.78, 5) is 0. The normalized spacial score (nSPS) is 12.9. The van der Waals surface area contributed by atoms with Crippen LogP contribution in [-0.2, 0) is 0 Å². The Morgan fingerprint density at radius 1 is 1.38 bits per heavy atom. The first-order valence-electron chi connectivity index (χ1n) is 3.94. The van der Waals surface area contributed by atoms with Gasteiger partial charge in [0.1, 0.15) is 5.82 Å². The van der Waals surface area contributed by atoms with Gasteiger partial charge in [-0.3, -0.25) is 0 Å². The molecule has 1 rings (SSSR count). The van der Waals surface area contributed by atoms with Gasteiger partial charge in [-0.25, -0.2) is 8.78 Å². The third-order valence-corrected chi connectivity index (χ3v) is 1.95. The lowest BCUT2D eigenvalue weighted by Gasteiger charge is -2.10. The second-order valence-electron chi connectivity index (χ2n) is 2.96. The highest BCUT2D eigenvalue weighted by Crippen LogP contribution is 2.24. The lowest BCUT2D eigenvalue weighted by molar-refractivity contribution is 0.424. The molecule has 0 fully saturated rings. The summed E-state index contributed by atoms with van der Waals surface area (Å²) in [5.41, 5.74) is 5.50. The number of phenols is 1. The van der Waals surface area contributed by atoms with E-state index >= 15 is 0 Å². The maximum absolute atomic E-state index is 13.1. The summed E-state index contributed by atoms with van der Waals surface area (Å²) in [7, 11) is 0. The number of nitrogens with two attached hydrogens (primary N) is 1. The van der Waals surface area contributed by atoms with Gasteiger partial charge in [0, 0.05) is 6.07 Å². The van der Waals surface area contributed by atoms with Crippen LogP contribution in [0.5, 0.6) is 5.75 Å². The van der Waals surface area contributed by atoms with E-state index in [1.165, 1.54) is 0 Å². The van der Waals surface area contributed by atoms with E-state index in [1.54, 1.807) is 6.92 Å². The van der Waals surface area contributed by atoms with Crippen molar-refractivity contribution < 1.29 is 13.9 Å². The van der Waals surface area contributed by atoms with Crippen molar-refractivity contribution in [2.75, 3.05) is 6.54 Å². The Bertz CT molecular complexity index is 315. The maximum atomic E-state index is 13.1. The molecule has 1 atom stereocenters. The van der Waals surface area contributed by atoms with Crippen LogP contribution in [0.4, 0.5) is 8.78 Å². The molecule has 1 aromatic rings. The Hall–Kier alpha value is -1.16. The fourth-order valence-corrected chi connectivity index (χ4v) is 1.06. The van der Waals surface area contributed by atoms with Gasteiger partial charge in [0.25, 0.3) is 0 Å². The van der Waals surface area contributed by atoms with Crippen molar-refractivity contribution >= 4 is 0 Å². The van der Waals surface area contributed by atoms with Crippen LogP contribution < -0.4 is 5.73 Å². The zero-order chi connectivity index (χ0) is 10.0. The molecule has 0 saturated heterocycles. The third kappa shape index (κ3) is 1.95. The van der Waals surface area contributed by atoms with Crippen LogP contribution in [0.2, 0.25) is 0 Å². The molecule has 3 N–H and O–H groups in total. The lowest BCUT2D eigenvalue weighted by atomic mass is 10.0. The van der Waals surface area contributed by atoms with E-state index in [2.05, 4.69) is 0 Å². The molecule has 0 bridgehead atoms. The Morgan fingerprint density at radius 2 is 2.00 bits per heavy atom. The fraction of sp³-hybridized carbons (Fsp3) is 0.333. The molecule has 1 unspecified atom stereocenters. The zero-order valence-electron chi connectivity index (χ0n) is 7.22. The van der Waals surface area contributed by atoms with E-state index in [0.717, 1.165) is 12.1 Å². The van der Waals surface area contributed by atoms with Crippen molar-refractivity contribution in [3.63, 3.8) is 0 Å². The summed E-state index contributed by atoms with van der Waals surface area (Å²) >= 11 is 0. The van der Waals surface area contributed by atoms with Crippen molar-refractivity contribution in [2.24, 2.45) is 5.73 Å². The van der Waals surface area contributed by atoms with E-state index in [1.807, 2.05) is 0 Å². The lowest BCUT2D eigenvalue weighted by Crippen LogP contribution is -2.10. The fourth-order valence-electron chi connectivity index (χ4n) is 1.06. The first-order valence-corrected chi connectivity index (χ1v) is 3.94. The predicted octanol–water partition coefficient (Wildman–Crippen LogP) is 1.73. The minimum atomic E-state index is -0.822. The summed E-state index contributed by atoms with van der Waals surface area (Å²) in [5, 5.41) is 8.83. The van der Waals surface area contributed by atoms with Gasteiger partial charge in [-0.2, -0.15) is 0 Å². The molecule has 0 aliphatic carbocycles. The van der Waals surface area contributed by atoms with Gasteiger partial charge in [-0.1, -0.05) is 6.92 Å². The second kappa shape index (κ2) is 3.70. The molecule has 1 aromatic carbocycles. The van der Waals surface area contributed by atoms with E-state index in [4.69, 9.17) is 10.8 Å². The average molecular weight is 187 g/mol. The number of benzene rings is 1. The van der Waals surface area contributed by atoms with E-state index in [0.29, 0.717) is 0 Å². The molecule has 0 saturated carbocycles. The van der Waals surface area contributed by atoms with Crippen molar-refractivity contribution in [2.45, 2.75) is 12.8 Å². The van der Waals surface area contributed by atoms with Crippen molar-refractivity contribution in [3.05, 3.63) is 29.3 Å². The zero-order valence-corrected chi connectivity index (χ0v) is 7.22. The summed E-state index contributed by atoms with van der Waals surface area (Å²) in [6.45, 7) is 1.93. The van der Waals surface area contributed by atoms with Crippen molar-refractivity contribution in [3.8, 4) is 5.75 Å². The average Bonchev–Trinajstić information content (AvgIpc) is 2.10. The first-order chi connectivity index (χ1) is 6.06. The molecule has 2 nitrogen and oxygen atoms in total. The molecule has 0 aliphatic heterocycles. The van der Waals surface area contributed by atoms with E-state index in [-0.39, 0.29) is 18.0 Å².